The van der Waals surface area contributed by atoms with Gasteiger partial charge in [0.2, 0.25) is 0 Å². The standard InChI is InChI=1S/C6H6N2O3/c1-11-6(10)4-2-7-3-8-5(4)9/h2-3H,1H3,(H,7,8,9). The lowest BCUT2D eigenvalue weighted by atomic mass is 10.3. The first-order chi connectivity index (χ1) is 5.25. The monoisotopic (exact) mass is 154 g/mol. The molecule has 1 aromatic heterocycles. The van der Waals surface area contributed by atoms with Crippen molar-refractivity contribution in [3.8, 4) is 0 Å². The summed E-state index contributed by atoms with van der Waals surface area (Å²) in [5, 5.41) is 0. The van der Waals surface area contributed by atoms with Gasteiger partial charge < -0.3 is 9.72 Å². The van der Waals surface area contributed by atoms with Crippen LogP contribution in [0.4, 0.5) is 0 Å². The van der Waals surface area contributed by atoms with E-state index in [2.05, 4.69) is 14.7 Å². The Bertz CT molecular complexity index is 318. The molecule has 0 saturated heterocycles. The molecule has 0 aromatic carbocycles. The van der Waals surface area contributed by atoms with E-state index in [0.29, 0.717) is 0 Å². The number of nitrogens with zero attached hydrogens (tertiary/aromatic N) is 1. The number of hydrogen-bond donors (Lipinski definition) is 1. The summed E-state index contributed by atoms with van der Waals surface area (Å²) >= 11 is 0. The molecule has 11 heavy (non-hydrogen) atoms. The Morgan fingerprint density at radius 2 is 2.45 bits per heavy atom. The van der Waals surface area contributed by atoms with Gasteiger partial charge in [-0.15, -0.1) is 0 Å². The summed E-state index contributed by atoms with van der Waals surface area (Å²) in [5.41, 5.74) is -0.582. The number of H-pyrrole nitrogens is 1. The Hall–Kier alpha value is -1.65. The minimum absolute atomic E-state index is 0.0880. The van der Waals surface area contributed by atoms with Crippen molar-refractivity contribution in [2.24, 2.45) is 0 Å². The number of nitrogens with one attached hydrogen (secondary N) is 1. The fraction of sp³-hybridized carbons (Fsp3) is 0.167. The normalized spacial score (nSPS) is 9.18. The van der Waals surface area contributed by atoms with Crippen LogP contribution in [0.1, 0.15) is 10.4 Å². The third kappa shape index (κ3) is 1.43. The molecule has 0 radical (unpaired) electrons. The van der Waals surface area contributed by atoms with E-state index in [1.54, 1.807) is 0 Å². The number of hydrogen-bond acceptors (Lipinski definition) is 4. The molecule has 5 heteroatoms. The van der Waals surface area contributed by atoms with Crippen LogP contribution in [0.5, 0.6) is 0 Å². The maximum atomic E-state index is 10.8. The Kier molecular flexibility index (Phi) is 2.00. The van der Waals surface area contributed by atoms with E-state index < -0.39 is 11.5 Å². The summed E-state index contributed by atoms with van der Waals surface area (Å²) in [7, 11) is 1.20. The van der Waals surface area contributed by atoms with Crippen LogP contribution in [0.15, 0.2) is 17.3 Å². The van der Waals surface area contributed by atoms with E-state index in [-0.39, 0.29) is 5.56 Å². The van der Waals surface area contributed by atoms with Crippen molar-refractivity contribution in [2.75, 3.05) is 7.11 Å². The van der Waals surface area contributed by atoms with Crippen LogP contribution in [0, 0.1) is 0 Å². The Morgan fingerprint density at radius 3 is 3.00 bits per heavy atom. The Balaban J connectivity index is 3.14. The number of ether oxygens (including phenoxy) is 1. The smallest absolute Gasteiger partial charge is 0.345 e. The molecule has 0 atom stereocenters. The van der Waals surface area contributed by atoms with Crippen molar-refractivity contribution in [3.05, 3.63) is 28.4 Å². The number of methoxy groups -OCH3 is 1. The highest BCUT2D eigenvalue weighted by Gasteiger charge is 2.08. The van der Waals surface area contributed by atoms with Gasteiger partial charge in [0.05, 0.1) is 13.4 Å². The minimum Gasteiger partial charge on any atom is -0.465 e. The molecule has 58 valence electrons. The molecular weight excluding hydrogens is 148 g/mol. The Labute approximate surface area is 62.0 Å². The summed E-state index contributed by atoms with van der Waals surface area (Å²) in [6.45, 7) is 0. The van der Waals surface area contributed by atoms with Gasteiger partial charge in [-0.1, -0.05) is 0 Å². The van der Waals surface area contributed by atoms with Crippen molar-refractivity contribution in [1.29, 1.82) is 0 Å². The average molecular weight is 154 g/mol. The molecule has 0 unspecified atom stereocenters. The summed E-state index contributed by atoms with van der Waals surface area (Å²) < 4.78 is 4.32. The van der Waals surface area contributed by atoms with E-state index in [0.717, 1.165) is 6.20 Å². The molecule has 0 saturated carbocycles. The first-order valence-electron chi connectivity index (χ1n) is 2.86. The van der Waals surface area contributed by atoms with Crippen LogP contribution in [-0.4, -0.2) is 23.0 Å². The number of carbonyl (C=O) groups is 1. The number of rotatable bonds is 1. The molecule has 1 heterocycles. The molecule has 0 amide bonds. The molecule has 0 fully saturated rings. The van der Waals surface area contributed by atoms with Crippen molar-refractivity contribution in [2.45, 2.75) is 0 Å². The zero-order valence-electron chi connectivity index (χ0n) is 5.83. The summed E-state index contributed by atoms with van der Waals surface area (Å²) in [6, 6.07) is 0. The van der Waals surface area contributed by atoms with Gasteiger partial charge >= 0.3 is 5.97 Å². The molecular formula is C6H6N2O3. The van der Waals surface area contributed by atoms with Gasteiger partial charge in [-0.25, -0.2) is 9.78 Å². The fourth-order valence-electron chi connectivity index (χ4n) is 0.599. The van der Waals surface area contributed by atoms with Gasteiger partial charge in [-0.05, 0) is 0 Å². The van der Waals surface area contributed by atoms with Gasteiger partial charge in [0.1, 0.15) is 5.56 Å². The second kappa shape index (κ2) is 2.96. The maximum Gasteiger partial charge on any atom is 0.345 e. The predicted octanol–water partition coefficient (Wildman–Crippen LogP) is -0.443. The quantitative estimate of drug-likeness (QED) is 0.556. The SMILES string of the molecule is COC(=O)c1cnc[nH]c1=O. The largest absolute Gasteiger partial charge is 0.465 e. The molecule has 0 aliphatic heterocycles. The van der Waals surface area contributed by atoms with Crippen LogP contribution >= 0.6 is 0 Å². The molecule has 5 nitrogen and oxygen atoms in total. The molecule has 0 aliphatic carbocycles. The van der Waals surface area contributed by atoms with Crippen LogP contribution < -0.4 is 5.56 Å². The second-order valence-electron chi connectivity index (χ2n) is 1.79. The lowest BCUT2D eigenvalue weighted by Crippen LogP contribution is -2.18. The zero-order chi connectivity index (χ0) is 8.27. The first kappa shape index (κ1) is 7.46. The van der Waals surface area contributed by atoms with E-state index in [9.17, 15) is 9.59 Å². The zero-order valence-corrected chi connectivity index (χ0v) is 5.83. The Morgan fingerprint density at radius 1 is 1.73 bits per heavy atom. The van der Waals surface area contributed by atoms with Crippen LogP contribution in [0.25, 0.3) is 0 Å². The lowest BCUT2D eigenvalue weighted by molar-refractivity contribution is 0.0598. The third-order valence-corrected chi connectivity index (χ3v) is 1.12. The molecule has 1 N–H and O–H groups in total. The second-order valence-corrected chi connectivity index (χ2v) is 1.79. The van der Waals surface area contributed by atoms with Gasteiger partial charge in [0, 0.05) is 6.20 Å². The number of aromatic amines is 1. The number of carbonyl (C=O) groups excluding carboxylic acids is 1. The van der Waals surface area contributed by atoms with Crippen molar-refractivity contribution in [3.63, 3.8) is 0 Å². The third-order valence-electron chi connectivity index (χ3n) is 1.12. The summed E-state index contributed by atoms with van der Waals surface area (Å²) in [4.78, 5) is 27.4. The van der Waals surface area contributed by atoms with E-state index in [4.69, 9.17) is 0 Å². The van der Waals surface area contributed by atoms with Gasteiger partial charge in [0.15, 0.2) is 0 Å². The van der Waals surface area contributed by atoms with Gasteiger partial charge in [-0.3, -0.25) is 4.79 Å². The molecule has 0 aliphatic rings. The summed E-state index contributed by atoms with van der Waals surface area (Å²) in [5.74, 6) is -0.681. The van der Waals surface area contributed by atoms with Gasteiger partial charge in [0.25, 0.3) is 5.56 Å². The highest BCUT2D eigenvalue weighted by molar-refractivity contribution is 5.88. The fourth-order valence-corrected chi connectivity index (χ4v) is 0.599. The highest BCUT2D eigenvalue weighted by Crippen LogP contribution is 1.87. The van der Waals surface area contributed by atoms with Crippen molar-refractivity contribution < 1.29 is 9.53 Å². The van der Waals surface area contributed by atoms with E-state index >= 15 is 0 Å². The summed E-state index contributed by atoms with van der Waals surface area (Å²) in [6.07, 6.45) is 2.36. The van der Waals surface area contributed by atoms with Crippen LogP contribution in [0.3, 0.4) is 0 Å². The van der Waals surface area contributed by atoms with Crippen LogP contribution in [-0.2, 0) is 4.74 Å². The van der Waals surface area contributed by atoms with E-state index in [1.807, 2.05) is 0 Å². The predicted molar refractivity (Wildman–Crippen MR) is 36.2 cm³/mol. The van der Waals surface area contributed by atoms with Crippen molar-refractivity contribution in [1.82, 2.24) is 9.97 Å². The lowest BCUT2D eigenvalue weighted by Gasteiger charge is -1.94. The van der Waals surface area contributed by atoms with E-state index in [1.165, 1.54) is 13.4 Å². The minimum atomic E-state index is -0.681. The first-order valence-corrected chi connectivity index (χ1v) is 2.86. The number of esters is 1. The molecule has 1 aromatic rings. The van der Waals surface area contributed by atoms with Gasteiger partial charge in [-0.2, -0.15) is 0 Å². The maximum absolute atomic E-state index is 10.8. The molecule has 1 rings (SSSR count). The van der Waals surface area contributed by atoms with Crippen LogP contribution in [0.2, 0.25) is 0 Å². The highest BCUT2D eigenvalue weighted by atomic mass is 16.5. The molecule has 0 bridgehead atoms. The molecule has 0 spiro atoms. The number of aromatic nitrogens is 2. The van der Waals surface area contributed by atoms with Crippen molar-refractivity contribution >= 4 is 5.97 Å². The average Bonchev–Trinajstić information content (AvgIpc) is 2.04. The topological polar surface area (TPSA) is 72.0 Å².